The van der Waals surface area contributed by atoms with E-state index in [9.17, 15) is 5.11 Å². The quantitative estimate of drug-likeness (QED) is 0.864. The first-order valence-corrected chi connectivity index (χ1v) is 6.04. The lowest BCUT2D eigenvalue weighted by atomic mass is 10.1. The van der Waals surface area contributed by atoms with Gasteiger partial charge in [-0.15, -0.1) is 0 Å². The smallest absolute Gasteiger partial charge is 0.124 e. The summed E-state index contributed by atoms with van der Waals surface area (Å²) in [4.78, 5) is 2.15. The first-order valence-electron chi connectivity index (χ1n) is 5.25. The lowest BCUT2D eigenvalue weighted by Crippen LogP contribution is -2.43. The maximum absolute atomic E-state index is 10.3. The number of rotatable bonds is 2. The summed E-state index contributed by atoms with van der Waals surface area (Å²) in [5.74, 6) is 0. The van der Waals surface area contributed by atoms with Crippen LogP contribution < -0.4 is 0 Å². The van der Waals surface area contributed by atoms with Crippen LogP contribution in [0, 0.1) is 0 Å². The van der Waals surface area contributed by atoms with E-state index in [2.05, 4.69) is 25.9 Å². The van der Waals surface area contributed by atoms with Gasteiger partial charge in [-0.1, -0.05) is 0 Å². The number of likely N-dealkylation sites (N-methyl/N-ethyl adjacent to an activating group) is 1. The van der Waals surface area contributed by atoms with Gasteiger partial charge in [-0.25, -0.2) is 0 Å². The monoisotopic (exact) mass is 289 g/mol. The second kappa shape index (κ2) is 4.83. The van der Waals surface area contributed by atoms with Crippen LogP contribution in [0.1, 0.15) is 11.8 Å². The molecular formula is C10H16BrN3O2. The van der Waals surface area contributed by atoms with E-state index in [0.29, 0.717) is 6.61 Å². The van der Waals surface area contributed by atoms with Gasteiger partial charge in [-0.2, -0.15) is 5.10 Å². The summed E-state index contributed by atoms with van der Waals surface area (Å²) >= 11 is 3.39. The molecule has 16 heavy (non-hydrogen) atoms. The van der Waals surface area contributed by atoms with Crippen molar-refractivity contribution in [2.75, 3.05) is 26.7 Å². The summed E-state index contributed by atoms with van der Waals surface area (Å²) in [6, 6.07) is 0. The molecular weight excluding hydrogens is 274 g/mol. The van der Waals surface area contributed by atoms with E-state index in [0.717, 1.165) is 23.3 Å². The molecule has 2 unspecified atom stereocenters. The average molecular weight is 290 g/mol. The van der Waals surface area contributed by atoms with E-state index < -0.39 is 6.10 Å². The fraction of sp³-hybridized carbons (Fsp3) is 0.700. The molecule has 1 aromatic heterocycles. The third-order valence-electron chi connectivity index (χ3n) is 2.87. The number of halogens is 1. The van der Waals surface area contributed by atoms with Crippen LogP contribution in [0.5, 0.6) is 0 Å². The molecule has 1 aromatic rings. The molecule has 0 radical (unpaired) electrons. The number of hydrogen-bond acceptors (Lipinski definition) is 4. The van der Waals surface area contributed by atoms with Gasteiger partial charge in [0.25, 0.3) is 0 Å². The van der Waals surface area contributed by atoms with Crippen LogP contribution in [-0.4, -0.2) is 52.6 Å². The Balaban J connectivity index is 2.15. The number of ether oxygens (including phenoxy) is 1. The predicted octanol–water partition coefficient (Wildman–Crippen LogP) is 0.547. The van der Waals surface area contributed by atoms with Gasteiger partial charge in [-0.3, -0.25) is 4.68 Å². The van der Waals surface area contributed by atoms with Crippen LogP contribution in [-0.2, 0) is 11.8 Å². The molecule has 2 atom stereocenters. The van der Waals surface area contributed by atoms with Gasteiger partial charge >= 0.3 is 0 Å². The predicted molar refractivity (Wildman–Crippen MR) is 63.1 cm³/mol. The molecule has 0 aromatic carbocycles. The van der Waals surface area contributed by atoms with Gasteiger partial charge < -0.3 is 14.7 Å². The first kappa shape index (κ1) is 12.0. The van der Waals surface area contributed by atoms with Crippen LogP contribution in [0.4, 0.5) is 0 Å². The molecule has 5 nitrogen and oxygen atoms in total. The first-order chi connectivity index (χ1) is 7.59. The molecule has 1 saturated heterocycles. The van der Waals surface area contributed by atoms with Crippen molar-refractivity contribution in [2.45, 2.75) is 12.2 Å². The van der Waals surface area contributed by atoms with Crippen molar-refractivity contribution in [3.05, 3.63) is 16.4 Å². The Morgan fingerprint density at radius 2 is 2.38 bits per heavy atom. The molecule has 2 heterocycles. The van der Waals surface area contributed by atoms with Gasteiger partial charge in [0, 0.05) is 20.1 Å². The topological polar surface area (TPSA) is 50.5 Å². The highest BCUT2D eigenvalue weighted by Crippen LogP contribution is 2.27. The zero-order chi connectivity index (χ0) is 11.7. The van der Waals surface area contributed by atoms with Gasteiger partial charge in [-0.05, 0) is 23.0 Å². The summed E-state index contributed by atoms with van der Waals surface area (Å²) in [6.45, 7) is 2.31. The van der Waals surface area contributed by atoms with Crippen LogP contribution in [0.2, 0.25) is 0 Å². The van der Waals surface area contributed by atoms with Crippen LogP contribution >= 0.6 is 15.9 Å². The van der Waals surface area contributed by atoms with Crippen molar-refractivity contribution in [2.24, 2.45) is 7.05 Å². The van der Waals surface area contributed by atoms with Gasteiger partial charge in [0.15, 0.2) is 0 Å². The maximum Gasteiger partial charge on any atom is 0.124 e. The zero-order valence-electron chi connectivity index (χ0n) is 9.43. The molecule has 1 N–H and O–H groups in total. The number of aliphatic hydroxyl groups excluding tert-OH is 1. The van der Waals surface area contributed by atoms with E-state index in [4.69, 9.17) is 4.74 Å². The van der Waals surface area contributed by atoms with Crippen molar-refractivity contribution in [3.8, 4) is 0 Å². The maximum atomic E-state index is 10.3. The SMILES string of the molecule is CN1CCOC(C(O)c2c(Br)cnn2C)C1. The van der Waals surface area contributed by atoms with Crippen LogP contribution in [0.3, 0.4) is 0 Å². The van der Waals surface area contributed by atoms with E-state index in [1.54, 1.807) is 10.9 Å². The molecule has 0 aliphatic carbocycles. The highest BCUT2D eigenvalue weighted by atomic mass is 79.9. The summed E-state index contributed by atoms with van der Waals surface area (Å²) in [5.41, 5.74) is 0.764. The second-order valence-electron chi connectivity index (χ2n) is 4.12. The summed E-state index contributed by atoms with van der Waals surface area (Å²) < 4.78 is 8.08. The van der Waals surface area contributed by atoms with Crippen molar-refractivity contribution >= 4 is 15.9 Å². The molecule has 6 heteroatoms. The Kier molecular flexibility index (Phi) is 3.63. The highest BCUT2D eigenvalue weighted by Gasteiger charge is 2.29. The molecule has 0 saturated carbocycles. The number of hydrogen-bond donors (Lipinski definition) is 1. The van der Waals surface area contributed by atoms with Crippen molar-refractivity contribution < 1.29 is 9.84 Å². The van der Waals surface area contributed by atoms with Crippen LogP contribution in [0.15, 0.2) is 10.7 Å². The number of aromatic nitrogens is 2. The second-order valence-corrected chi connectivity index (χ2v) is 4.97. The molecule has 90 valence electrons. The molecule has 0 spiro atoms. The Bertz CT molecular complexity index is 349. The number of aliphatic hydroxyl groups is 1. The van der Waals surface area contributed by atoms with Gasteiger partial charge in [0.05, 0.1) is 23.0 Å². The largest absolute Gasteiger partial charge is 0.384 e. The Morgan fingerprint density at radius 3 is 2.94 bits per heavy atom. The van der Waals surface area contributed by atoms with E-state index >= 15 is 0 Å². The Morgan fingerprint density at radius 1 is 1.62 bits per heavy atom. The van der Waals surface area contributed by atoms with E-state index in [1.807, 2.05) is 14.1 Å². The minimum Gasteiger partial charge on any atom is -0.384 e. The van der Waals surface area contributed by atoms with Crippen molar-refractivity contribution in [3.63, 3.8) is 0 Å². The van der Waals surface area contributed by atoms with Gasteiger partial charge in [0.2, 0.25) is 0 Å². The van der Waals surface area contributed by atoms with Crippen LogP contribution in [0.25, 0.3) is 0 Å². The summed E-state index contributed by atoms with van der Waals surface area (Å²) in [5, 5.41) is 14.4. The standard InChI is InChI=1S/C10H16BrN3O2/c1-13-3-4-16-8(6-13)10(15)9-7(11)5-12-14(9)2/h5,8,10,15H,3-4,6H2,1-2H3. The third kappa shape index (κ3) is 2.29. The molecule has 2 rings (SSSR count). The molecule has 1 aliphatic heterocycles. The molecule has 1 fully saturated rings. The minimum absolute atomic E-state index is 0.189. The van der Waals surface area contributed by atoms with E-state index in [1.165, 1.54) is 0 Å². The molecule has 0 bridgehead atoms. The van der Waals surface area contributed by atoms with Crippen molar-refractivity contribution in [1.82, 2.24) is 14.7 Å². The number of aryl methyl sites for hydroxylation is 1. The average Bonchev–Trinajstić information content (AvgIpc) is 2.58. The highest BCUT2D eigenvalue weighted by molar-refractivity contribution is 9.10. The number of morpholine rings is 1. The Hall–Kier alpha value is -0.430. The summed E-state index contributed by atoms with van der Waals surface area (Å²) in [6.07, 6.45) is 0.848. The lowest BCUT2D eigenvalue weighted by molar-refractivity contribution is -0.0868. The van der Waals surface area contributed by atoms with E-state index in [-0.39, 0.29) is 6.10 Å². The Labute approximate surface area is 103 Å². The van der Waals surface area contributed by atoms with Crippen molar-refractivity contribution in [1.29, 1.82) is 0 Å². The minimum atomic E-state index is -0.648. The third-order valence-corrected chi connectivity index (χ3v) is 3.48. The normalized spacial score (nSPS) is 24.6. The van der Waals surface area contributed by atoms with Gasteiger partial charge in [0.1, 0.15) is 12.2 Å². The summed E-state index contributed by atoms with van der Waals surface area (Å²) in [7, 11) is 3.84. The zero-order valence-corrected chi connectivity index (χ0v) is 11.0. The number of nitrogens with zero attached hydrogens (tertiary/aromatic N) is 3. The lowest BCUT2D eigenvalue weighted by Gasteiger charge is -2.33. The fourth-order valence-electron chi connectivity index (χ4n) is 1.93. The molecule has 0 amide bonds. The molecule has 1 aliphatic rings. The fourth-order valence-corrected chi connectivity index (χ4v) is 2.51.